The summed E-state index contributed by atoms with van der Waals surface area (Å²) in [4.78, 5) is 11.2. The summed E-state index contributed by atoms with van der Waals surface area (Å²) < 4.78 is 4.95. The van der Waals surface area contributed by atoms with Gasteiger partial charge in [-0.2, -0.15) is 0 Å². The van der Waals surface area contributed by atoms with E-state index in [2.05, 4.69) is 17.1 Å². The SMILES string of the molecule is C=C(C)C(=O)OC(=NN(C)C)NN(C)C. The maximum atomic E-state index is 11.2. The van der Waals surface area contributed by atoms with Crippen molar-refractivity contribution < 1.29 is 9.53 Å². The number of carbonyl (C=O) groups excluding carboxylic acids is 1. The molecule has 6 nitrogen and oxygen atoms in total. The Balaban J connectivity index is 4.51. The second kappa shape index (κ2) is 6.02. The van der Waals surface area contributed by atoms with Gasteiger partial charge in [-0.05, 0) is 6.92 Å². The fourth-order valence-corrected chi connectivity index (χ4v) is 0.613. The molecule has 0 saturated carbocycles. The summed E-state index contributed by atoms with van der Waals surface area (Å²) in [5.74, 6) is -0.509. The number of hydrazine groups is 1. The van der Waals surface area contributed by atoms with Crippen LogP contribution in [0.4, 0.5) is 0 Å². The van der Waals surface area contributed by atoms with E-state index < -0.39 is 5.97 Å². The van der Waals surface area contributed by atoms with Crippen molar-refractivity contribution in [3.63, 3.8) is 0 Å². The van der Waals surface area contributed by atoms with E-state index in [1.54, 1.807) is 40.1 Å². The first-order valence-corrected chi connectivity index (χ1v) is 4.40. The van der Waals surface area contributed by atoms with Crippen LogP contribution >= 0.6 is 0 Å². The molecule has 0 radical (unpaired) electrons. The van der Waals surface area contributed by atoms with E-state index in [9.17, 15) is 4.79 Å². The van der Waals surface area contributed by atoms with Crippen LogP contribution in [0.15, 0.2) is 17.3 Å². The average molecular weight is 214 g/mol. The Kier molecular flexibility index (Phi) is 5.40. The van der Waals surface area contributed by atoms with Crippen molar-refractivity contribution in [1.29, 1.82) is 0 Å². The number of rotatable bonds is 3. The third-order valence-corrected chi connectivity index (χ3v) is 1.15. The smallest absolute Gasteiger partial charge is 0.340 e. The minimum absolute atomic E-state index is 0.109. The van der Waals surface area contributed by atoms with Crippen LogP contribution in [0.2, 0.25) is 0 Å². The lowest BCUT2D eigenvalue weighted by Gasteiger charge is -2.16. The van der Waals surface area contributed by atoms with Gasteiger partial charge in [0.25, 0.3) is 0 Å². The van der Waals surface area contributed by atoms with Crippen LogP contribution in [-0.2, 0) is 9.53 Å². The largest absolute Gasteiger partial charge is 0.387 e. The maximum absolute atomic E-state index is 11.2. The van der Waals surface area contributed by atoms with Gasteiger partial charge in [0.1, 0.15) is 0 Å². The summed E-state index contributed by atoms with van der Waals surface area (Å²) in [6, 6.07) is 0.109. The van der Waals surface area contributed by atoms with Crippen LogP contribution in [0.25, 0.3) is 0 Å². The predicted molar refractivity (Wildman–Crippen MR) is 58.9 cm³/mol. The molecule has 15 heavy (non-hydrogen) atoms. The molecule has 0 bridgehead atoms. The topological polar surface area (TPSA) is 57.2 Å². The molecule has 0 aliphatic heterocycles. The van der Waals surface area contributed by atoms with Gasteiger partial charge in [-0.15, -0.1) is 5.10 Å². The normalized spacial score (nSPS) is 11.2. The number of esters is 1. The van der Waals surface area contributed by atoms with E-state index in [0.717, 1.165) is 0 Å². The minimum atomic E-state index is -0.509. The molecule has 0 rings (SSSR count). The van der Waals surface area contributed by atoms with E-state index in [0.29, 0.717) is 5.57 Å². The summed E-state index contributed by atoms with van der Waals surface area (Å²) >= 11 is 0. The monoisotopic (exact) mass is 214 g/mol. The lowest BCUT2D eigenvalue weighted by molar-refractivity contribution is -0.131. The van der Waals surface area contributed by atoms with Crippen molar-refractivity contribution in [2.24, 2.45) is 5.10 Å². The summed E-state index contributed by atoms with van der Waals surface area (Å²) in [6.45, 7) is 5.06. The Morgan fingerprint density at radius 3 is 2.20 bits per heavy atom. The summed E-state index contributed by atoms with van der Waals surface area (Å²) in [6.07, 6.45) is 0. The highest BCUT2D eigenvalue weighted by Crippen LogP contribution is 1.93. The van der Waals surface area contributed by atoms with Crippen LogP contribution in [-0.4, -0.2) is 50.2 Å². The van der Waals surface area contributed by atoms with Crippen LogP contribution < -0.4 is 5.43 Å². The van der Waals surface area contributed by atoms with Crippen molar-refractivity contribution in [2.45, 2.75) is 6.92 Å². The van der Waals surface area contributed by atoms with Crippen molar-refractivity contribution in [3.05, 3.63) is 12.2 Å². The molecule has 0 heterocycles. The molecule has 0 atom stereocenters. The number of hydrogen-bond donors (Lipinski definition) is 1. The molecule has 1 N–H and O–H groups in total. The Bertz CT molecular complexity index is 271. The summed E-state index contributed by atoms with van der Waals surface area (Å²) in [7, 11) is 6.98. The lowest BCUT2D eigenvalue weighted by Crippen LogP contribution is -2.40. The van der Waals surface area contributed by atoms with E-state index in [4.69, 9.17) is 4.74 Å². The van der Waals surface area contributed by atoms with E-state index in [-0.39, 0.29) is 6.02 Å². The Hall–Kier alpha value is -1.56. The molecule has 0 saturated heterocycles. The van der Waals surface area contributed by atoms with E-state index in [1.165, 1.54) is 5.01 Å². The summed E-state index contributed by atoms with van der Waals surface area (Å²) in [5.41, 5.74) is 3.08. The molecule has 86 valence electrons. The zero-order chi connectivity index (χ0) is 12.0. The number of amidine groups is 1. The van der Waals surface area contributed by atoms with E-state index in [1.807, 2.05) is 0 Å². The Morgan fingerprint density at radius 2 is 1.87 bits per heavy atom. The molecule has 0 aromatic heterocycles. The first-order chi connectivity index (χ1) is 6.82. The number of hydrazone groups is 1. The first-order valence-electron chi connectivity index (χ1n) is 4.40. The molecule has 0 spiro atoms. The number of ether oxygens (including phenoxy) is 1. The zero-order valence-electron chi connectivity index (χ0n) is 9.87. The molecule has 0 aromatic rings. The number of hydrogen-bond acceptors (Lipinski definition) is 5. The molecule has 6 heteroatoms. The lowest BCUT2D eigenvalue weighted by atomic mass is 10.4. The number of nitrogens with zero attached hydrogens (tertiary/aromatic N) is 3. The predicted octanol–water partition coefficient (Wildman–Crippen LogP) is 0.00450. The quantitative estimate of drug-likeness (QED) is 0.236. The molecule has 0 aromatic carbocycles. The van der Waals surface area contributed by atoms with Crippen LogP contribution in [0, 0.1) is 0 Å². The van der Waals surface area contributed by atoms with Crippen molar-refractivity contribution >= 4 is 12.0 Å². The van der Waals surface area contributed by atoms with Gasteiger partial charge in [0.15, 0.2) is 0 Å². The van der Waals surface area contributed by atoms with Gasteiger partial charge in [0.2, 0.25) is 0 Å². The third-order valence-electron chi connectivity index (χ3n) is 1.15. The van der Waals surface area contributed by atoms with Gasteiger partial charge >= 0.3 is 12.0 Å². The van der Waals surface area contributed by atoms with Crippen molar-refractivity contribution in [1.82, 2.24) is 15.4 Å². The van der Waals surface area contributed by atoms with Crippen molar-refractivity contribution in [2.75, 3.05) is 28.2 Å². The molecule has 0 aliphatic rings. The van der Waals surface area contributed by atoms with Gasteiger partial charge < -0.3 is 4.74 Å². The molecule has 0 aliphatic carbocycles. The molecule has 0 amide bonds. The Labute approximate surface area is 90.1 Å². The maximum Gasteiger partial charge on any atom is 0.340 e. The van der Waals surface area contributed by atoms with Gasteiger partial charge in [-0.3, -0.25) is 10.4 Å². The van der Waals surface area contributed by atoms with Gasteiger partial charge in [0.05, 0.1) is 0 Å². The zero-order valence-corrected chi connectivity index (χ0v) is 9.87. The third kappa shape index (κ3) is 6.50. The highest BCUT2D eigenvalue weighted by molar-refractivity contribution is 5.96. The fraction of sp³-hybridized carbons (Fsp3) is 0.556. The second-order valence-electron chi connectivity index (χ2n) is 3.43. The molecular weight excluding hydrogens is 196 g/mol. The number of nitrogens with one attached hydrogen (secondary N) is 1. The van der Waals surface area contributed by atoms with E-state index >= 15 is 0 Å². The van der Waals surface area contributed by atoms with Gasteiger partial charge in [-0.1, -0.05) is 6.58 Å². The highest BCUT2D eigenvalue weighted by Gasteiger charge is 2.10. The van der Waals surface area contributed by atoms with Crippen LogP contribution in [0.3, 0.4) is 0 Å². The Morgan fingerprint density at radius 1 is 1.33 bits per heavy atom. The average Bonchev–Trinajstić information content (AvgIpc) is 2.00. The minimum Gasteiger partial charge on any atom is -0.387 e. The highest BCUT2D eigenvalue weighted by atomic mass is 16.6. The molecule has 0 fully saturated rings. The first kappa shape index (κ1) is 13.4. The second-order valence-corrected chi connectivity index (χ2v) is 3.43. The number of carbonyl (C=O) groups is 1. The summed E-state index contributed by atoms with van der Waals surface area (Å²) in [5, 5.41) is 7.10. The van der Waals surface area contributed by atoms with Gasteiger partial charge in [0, 0.05) is 33.8 Å². The van der Waals surface area contributed by atoms with Crippen LogP contribution in [0.1, 0.15) is 6.92 Å². The molecule has 0 unspecified atom stereocenters. The van der Waals surface area contributed by atoms with Crippen LogP contribution in [0.5, 0.6) is 0 Å². The fourth-order valence-electron chi connectivity index (χ4n) is 0.613. The standard InChI is InChI=1S/C9H18N4O2/c1-7(2)8(14)15-9(10-12(3)4)11-13(5)6/h1H2,2-6H3,(H,10,11). The molecular formula is C9H18N4O2. The van der Waals surface area contributed by atoms with Gasteiger partial charge in [-0.25, -0.2) is 9.80 Å². The van der Waals surface area contributed by atoms with Crippen molar-refractivity contribution in [3.8, 4) is 0 Å².